The van der Waals surface area contributed by atoms with Crippen LogP contribution in [0.1, 0.15) is 17.2 Å². The van der Waals surface area contributed by atoms with Crippen molar-refractivity contribution in [2.45, 2.75) is 6.04 Å². The number of rotatable bonds is 6. The van der Waals surface area contributed by atoms with Crippen LogP contribution in [0.5, 0.6) is 0 Å². The molecule has 1 atom stereocenters. The van der Waals surface area contributed by atoms with Crippen molar-refractivity contribution in [2.75, 3.05) is 38.2 Å². The molecule has 0 saturated carbocycles. The number of nitrogens with one attached hydrogen (secondary N) is 2. The number of hydrogen-bond donors (Lipinski definition) is 2. The van der Waals surface area contributed by atoms with Gasteiger partial charge in [0.05, 0.1) is 19.8 Å². The Morgan fingerprint density at radius 2 is 1.93 bits per heavy atom. The van der Waals surface area contributed by atoms with E-state index in [0.29, 0.717) is 37.6 Å². The predicted molar refractivity (Wildman–Crippen MR) is 108 cm³/mol. The molecule has 0 radical (unpaired) electrons. The first-order valence-electron chi connectivity index (χ1n) is 9.29. The second kappa shape index (κ2) is 9.82. The zero-order valence-electron chi connectivity index (χ0n) is 15.9. The maximum absolute atomic E-state index is 14.4. The Hall–Kier alpha value is -3.21. The van der Waals surface area contributed by atoms with Crippen LogP contribution in [0.3, 0.4) is 0 Å². The van der Waals surface area contributed by atoms with Gasteiger partial charge in [-0.1, -0.05) is 30.2 Å². The van der Waals surface area contributed by atoms with Crippen LogP contribution in [0, 0.1) is 18.2 Å². The Bertz CT molecular complexity index is 920. The second-order valence-electron chi connectivity index (χ2n) is 6.56. The van der Waals surface area contributed by atoms with Gasteiger partial charge in [0.1, 0.15) is 11.9 Å². The number of carbonyl (C=O) groups excluding carboxylic acids is 2. The van der Waals surface area contributed by atoms with E-state index in [1.54, 1.807) is 42.5 Å². The molecule has 3 rings (SSSR count). The van der Waals surface area contributed by atoms with Crippen molar-refractivity contribution in [1.29, 1.82) is 0 Å². The average Bonchev–Trinajstić information content (AvgIpc) is 2.75. The van der Waals surface area contributed by atoms with Crippen molar-refractivity contribution >= 4 is 17.5 Å². The van der Waals surface area contributed by atoms with Crippen LogP contribution in [0.2, 0.25) is 0 Å². The highest BCUT2D eigenvalue weighted by atomic mass is 19.1. The molecule has 0 aliphatic carbocycles. The van der Waals surface area contributed by atoms with Crippen molar-refractivity contribution in [1.82, 2.24) is 10.2 Å². The van der Waals surface area contributed by atoms with E-state index in [1.807, 2.05) is 4.90 Å². The molecule has 2 aromatic rings. The summed E-state index contributed by atoms with van der Waals surface area (Å²) in [4.78, 5) is 27.0. The zero-order chi connectivity index (χ0) is 20.6. The molecule has 0 aromatic heterocycles. The summed E-state index contributed by atoms with van der Waals surface area (Å²) in [5.74, 6) is 1.19. The third-order valence-electron chi connectivity index (χ3n) is 4.60. The molecule has 1 heterocycles. The van der Waals surface area contributed by atoms with Crippen molar-refractivity contribution in [2.24, 2.45) is 0 Å². The van der Waals surface area contributed by atoms with E-state index in [-0.39, 0.29) is 12.1 Å². The lowest BCUT2D eigenvalue weighted by atomic mass is 10.0. The smallest absolute Gasteiger partial charge is 0.243 e. The van der Waals surface area contributed by atoms with Gasteiger partial charge in [-0.05, 0) is 24.3 Å². The highest BCUT2D eigenvalue weighted by Crippen LogP contribution is 2.24. The molecule has 150 valence electrons. The monoisotopic (exact) mass is 395 g/mol. The lowest BCUT2D eigenvalue weighted by molar-refractivity contribution is -0.130. The number of anilines is 1. The predicted octanol–water partition coefficient (Wildman–Crippen LogP) is 1.94. The van der Waals surface area contributed by atoms with Crippen LogP contribution in [-0.4, -0.2) is 49.6 Å². The molecule has 0 spiro atoms. The summed E-state index contributed by atoms with van der Waals surface area (Å²) < 4.78 is 19.7. The second-order valence-corrected chi connectivity index (χ2v) is 6.56. The Morgan fingerprint density at radius 1 is 1.17 bits per heavy atom. The molecule has 2 N–H and O–H groups in total. The molecule has 1 unspecified atom stereocenters. The van der Waals surface area contributed by atoms with Crippen LogP contribution in [-0.2, 0) is 14.3 Å². The van der Waals surface area contributed by atoms with Crippen molar-refractivity contribution in [3.63, 3.8) is 0 Å². The van der Waals surface area contributed by atoms with Gasteiger partial charge in [0.25, 0.3) is 0 Å². The summed E-state index contributed by atoms with van der Waals surface area (Å²) in [6, 6.07) is 12.2. The van der Waals surface area contributed by atoms with Crippen LogP contribution >= 0.6 is 0 Å². The van der Waals surface area contributed by atoms with Gasteiger partial charge in [0.15, 0.2) is 0 Å². The molecule has 2 amide bonds. The summed E-state index contributed by atoms with van der Waals surface area (Å²) in [7, 11) is 0. The van der Waals surface area contributed by atoms with Gasteiger partial charge in [-0.15, -0.1) is 6.42 Å². The van der Waals surface area contributed by atoms with E-state index >= 15 is 0 Å². The summed E-state index contributed by atoms with van der Waals surface area (Å²) in [5, 5.41) is 5.30. The summed E-state index contributed by atoms with van der Waals surface area (Å²) in [6.07, 6.45) is 5.36. The van der Waals surface area contributed by atoms with Gasteiger partial charge in [-0.3, -0.25) is 14.5 Å². The number of ether oxygens (including phenoxy) is 1. The quantitative estimate of drug-likeness (QED) is 0.734. The van der Waals surface area contributed by atoms with Gasteiger partial charge in [0.2, 0.25) is 11.8 Å². The number of terminal acetylenes is 1. The molecular weight excluding hydrogens is 373 g/mol. The molecule has 7 heteroatoms. The van der Waals surface area contributed by atoms with E-state index < -0.39 is 23.7 Å². The minimum absolute atomic E-state index is 0.242. The fourth-order valence-corrected chi connectivity index (χ4v) is 3.19. The molecule has 1 aliphatic heterocycles. The van der Waals surface area contributed by atoms with E-state index in [9.17, 15) is 14.0 Å². The van der Waals surface area contributed by atoms with Crippen molar-refractivity contribution < 1.29 is 18.7 Å². The minimum atomic E-state index is -0.835. The van der Waals surface area contributed by atoms with Crippen LogP contribution in [0.15, 0.2) is 48.5 Å². The molecule has 1 saturated heterocycles. The lowest BCUT2D eigenvalue weighted by Gasteiger charge is -2.33. The number of carbonyl (C=O) groups is 2. The summed E-state index contributed by atoms with van der Waals surface area (Å²) >= 11 is 0. The molecule has 1 fully saturated rings. The Kier molecular flexibility index (Phi) is 6.95. The average molecular weight is 395 g/mol. The standard InChI is InChI=1S/C22H22FN3O3/c1-2-16-6-5-7-17(14-16)25-20(27)15-24-22(28)21(26-10-12-29-13-11-26)18-8-3-4-9-19(18)23/h1,3-9,14,21H,10-13,15H2,(H,24,28)(H,25,27). The Balaban J connectivity index is 1.67. The number of nitrogens with zero attached hydrogens (tertiary/aromatic N) is 1. The topological polar surface area (TPSA) is 70.7 Å². The fourth-order valence-electron chi connectivity index (χ4n) is 3.19. The number of hydrogen-bond acceptors (Lipinski definition) is 4. The van der Waals surface area contributed by atoms with Gasteiger partial charge in [-0.25, -0.2) is 4.39 Å². The maximum atomic E-state index is 14.4. The zero-order valence-corrected chi connectivity index (χ0v) is 15.9. The maximum Gasteiger partial charge on any atom is 0.243 e. The highest BCUT2D eigenvalue weighted by molar-refractivity contribution is 5.95. The van der Waals surface area contributed by atoms with Gasteiger partial charge in [-0.2, -0.15) is 0 Å². The van der Waals surface area contributed by atoms with Gasteiger partial charge < -0.3 is 15.4 Å². The fraction of sp³-hybridized carbons (Fsp3) is 0.273. The van der Waals surface area contributed by atoms with Gasteiger partial charge in [0, 0.05) is 29.9 Å². The molecule has 6 nitrogen and oxygen atoms in total. The molecule has 2 aromatic carbocycles. The van der Waals surface area contributed by atoms with Crippen LogP contribution < -0.4 is 10.6 Å². The first-order chi connectivity index (χ1) is 14.1. The van der Waals surface area contributed by atoms with E-state index in [0.717, 1.165) is 0 Å². The van der Waals surface area contributed by atoms with E-state index in [4.69, 9.17) is 11.2 Å². The third-order valence-corrected chi connectivity index (χ3v) is 4.60. The molecule has 0 bridgehead atoms. The normalized spacial score (nSPS) is 15.2. The van der Waals surface area contributed by atoms with Gasteiger partial charge >= 0.3 is 0 Å². The number of amides is 2. The first-order valence-corrected chi connectivity index (χ1v) is 9.29. The van der Waals surface area contributed by atoms with Crippen LogP contribution in [0.25, 0.3) is 0 Å². The van der Waals surface area contributed by atoms with Crippen molar-refractivity contribution in [3.8, 4) is 12.3 Å². The van der Waals surface area contributed by atoms with E-state index in [2.05, 4.69) is 16.6 Å². The van der Waals surface area contributed by atoms with E-state index in [1.165, 1.54) is 6.07 Å². The molecule has 1 aliphatic rings. The highest BCUT2D eigenvalue weighted by Gasteiger charge is 2.31. The number of halogens is 1. The van der Waals surface area contributed by atoms with Crippen molar-refractivity contribution in [3.05, 3.63) is 65.5 Å². The Labute approximate surface area is 169 Å². The number of morpholine rings is 1. The Morgan fingerprint density at radius 3 is 2.66 bits per heavy atom. The minimum Gasteiger partial charge on any atom is -0.379 e. The molecular formula is C22H22FN3O3. The lowest BCUT2D eigenvalue weighted by Crippen LogP contribution is -2.47. The number of benzene rings is 2. The third kappa shape index (κ3) is 5.41. The summed E-state index contributed by atoms with van der Waals surface area (Å²) in [5.41, 5.74) is 1.45. The first kappa shape index (κ1) is 20.5. The SMILES string of the molecule is C#Cc1cccc(NC(=O)CNC(=O)C(c2ccccc2F)N2CCOCC2)c1. The largest absolute Gasteiger partial charge is 0.379 e. The molecule has 29 heavy (non-hydrogen) atoms. The summed E-state index contributed by atoms with van der Waals surface area (Å²) in [6.45, 7) is 1.68. The van der Waals surface area contributed by atoms with Crippen LogP contribution in [0.4, 0.5) is 10.1 Å².